The third-order valence-electron chi connectivity index (χ3n) is 3.64. The number of likely N-dealkylation sites (tertiary alicyclic amines) is 1. The quantitative estimate of drug-likeness (QED) is 0.633. The molecule has 1 atom stereocenters. The van der Waals surface area contributed by atoms with E-state index in [1.165, 1.54) is 6.08 Å². The third kappa shape index (κ3) is 4.19. The standard InChI is InChI=1S/C17H17ClN2O2/c18-14-7-4-13(5-8-14)6-9-16(21)15(12-19)17(22)20-10-2-1-3-11-20/h4-9,15H,1-3,10-11H2/b9-6+/t15-/m0/s1. The van der Waals surface area contributed by atoms with Gasteiger partial charge in [-0.15, -0.1) is 0 Å². The Morgan fingerprint density at radius 3 is 2.41 bits per heavy atom. The van der Waals surface area contributed by atoms with E-state index < -0.39 is 11.7 Å². The molecule has 1 aromatic carbocycles. The Hall–Kier alpha value is -2.12. The number of halogens is 1. The summed E-state index contributed by atoms with van der Waals surface area (Å²) in [7, 11) is 0. The Morgan fingerprint density at radius 1 is 1.18 bits per heavy atom. The van der Waals surface area contributed by atoms with Crippen LogP contribution in [0.3, 0.4) is 0 Å². The molecule has 0 saturated carbocycles. The Kier molecular flexibility index (Phi) is 5.74. The summed E-state index contributed by atoms with van der Waals surface area (Å²) in [4.78, 5) is 26.0. The van der Waals surface area contributed by atoms with E-state index in [2.05, 4.69) is 0 Å². The second-order valence-electron chi connectivity index (χ2n) is 5.24. The molecule has 0 aromatic heterocycles. The minimum absolute atomic E-state index is 0.382. The summed E-state index contributed by atoms with van der Waals surface area (Å²) in [6.07, 6.45) is 5.83. The first-order valence-electron chi connectivity index (χ1n) is 7.27. The molecule has 5 heteroatoms. The van der Waals surface area contributed by atoms with Crippen molar-refractivity contribution in [3.8, 4) is 6.07 Å². The number of hydrogen-bond donors (Lipinski definition) is 0. The molecule has 0 aliphatic carbocycles. The summed E-state index contributed by atoms with van der Waals surface area (Å²) < 4.78 is 0. The van der Waals surface area contributed by atoms with Crippen LogP contribution in [0, 0.1) is 17.2 Å². The van der Waals surface area contributed by atoms with Crippen molar-refractivity contribution >= 4 is 29.4 Å². The number of benzene rings is 1. The fourth-order valence-electron chi connectivity index (χ4n) is 2.39. The second-order valence-corrected chi connectivity index (χ2v) is 5.67. The fourth-order valence-corrected chi connectivity index (χ4v) is 2.51. The first-order valence-corrected chi connectivity index (χ1v) is 7.65. The van der Waals surface area contributed by atoms with Gasteiger partial charge in [0.05, 0.1) is 6.07 Å². The molecule has 1 saturated heterocycles. The van der Waals surface area contributed by atoms with Crippen molar-refractivity contribution in [3.63, 3.8) is 0 Å². The molecule has 0 radical (unpaired) electrons. The van der Waals surface area contributed by atoms with E-state index in [0.717, 1.165) is 24.8 Å². The topological polar surface area (TPSA) is 61.2 Å². The van der Waals surface area contributed by atoms with Gasteiger partial charge in [-0.25, -0.2) is 0 Å². The minimum Gasteiger partial charge on any atom is -0.341 e. The number of allylic oxidation sites excluding steroid dienone is 1. The highest BCUT2D eigenvalue weighted by atomic mass is 35.5. The summed E-state index contributed by atoms with van der Waals surface area (Å²) in [5.41, 5.74) is 0.792. The molecule has 0 unspecified atom stereocenters. The average molecular weight is 317 g/mol. The van der Waals surface area contributed by atoms with E-state index >= 15 is 0 Å². The molecule has 4 nitrogen and oxygen atoms in total. The summed E-state index contributed by atoms with van der Waals surface area (Å²) in [5.74, 6) is -2.11. The van der Waals surface area contributed by atoms with Gasteiger partial charge in [0, 0.05) is 18.1 Å². The van der Waals surface area contributed by atoms with Crippen LogP contribution in [-0.4, -0.2) is 29.7 Å². The minimum atomic E-state index is -1.25. The maximum Gasteiger partial charge on any atom is 0.247 e. The number of piperidine rings is 1. The monoisotopic (exact) mass is 316 g/mol. The van der Waals surface area contributed by atoms with Crippen LogP contribution in [0.1, 0.15) is 24.8 Å². The van der Waals surface area contributed by atoms with Crippen LogP contribution in [-0.2, 0) is 9.59 Å². The molecule has 1 fully saturated rings. The number of carbonyl (C=O) groups is 2. The fraction of sp³-hybridized carbons (Fsp3) is 0.353. The molecule has 0 N–H and O–H groups in total. The van der Waals surface area contributed by atoms with Crippen molar-refractivity contribution in [3.05, 3.63) is 40.9 Å². The Morgan fingerprint density at radius 2 is 1.82 bits per heavy atom. The lowest BCUT2D eigenvalue weighted by Crippen LogP contribution is -2.41. The van der Waals surface area contributed by atoms with E-state index in [1.54, 1.807) is 35.2 Å². The molecular weight excluding hydrogens is 300 g/mol. The highest BCUT2D eigenvalue weighted by Crippen LogP contribution is 2.15. The van der Waals surface area contributed by atoms with E-state index in [1.807, 2.05) is 6.07 Å². The lowest BCUT2D eigenvalue weighted by Gasteiger charge is -2.27. The van der Waals surface area contributed by atoms with Crippen LogP contribution in [0.2, 0.25) is 5.02 Å². The van der Waals surface area contributed by atoms with Crippen molar-refractivity contribution in [1.82, 2.24) is 4.90 Å². The number of nitriles is 1. The van der Waals surface area contributed by atoms with E-state index in [-0.39, 0.29) is 5.91 Å². The maximum atomic E-state index is 12.3. The smallest absolute Gasteiger partial charge is 0.247 e. The SMILES string of the molecule is N#C[C@@H](C(=O)/C=C/c1ccc(Cl)cc1)C(=O)N1CCCCC1. The Balaban J connectivity index is 2.03. The van der Waals surface area contributed by atoms with Crippen LogP contribution < -0.4 is 0 Å². The van der Waals surface area contributed by atoms with Crippen molar-refractivity contribution in [1.29, 1.82) is 5.26 Å². The van der Waals surface area contributed by atoms with Crippen LogP contribution in [0.15, 0.2) is 30.3 Å². The van der Waals surface area contributed by atoms with Crippen LogP contribution >= 0.6 is 11.6 Å². The first-order chi connectivity index (χ1) is 10.6. The lowest BCUT2D eigenvalue weighted by molar-refractivity contribution is -0.138. The normalized spacial score (nSPS) is 16.3. The van der Waals surface area contributed by atoms with Gasteiger partial charge >= 0.3 is 0 Å². The van der Waals surface area contributed by atoms with Gasteiger partial charge in [-0.1, -0.05) is 29.8 Å². The van der Waals surface area contributed by atoms with Gasteiger partial charge in [0.2, 0.25) is 5.91 Å². The summed E-state index contributed by atoms with van der Waals surface area (Å²) in [6.45, 7) is 1.26. The van der Waals surface area contributed by atoms with Gasteiger partial charge in [0.15, 0.2) is 11.7 Å². The van der Waals surface area contributed by atoms with E-state index in [9.17, 15) is 9.59 Å². The van der Waals surface area contributed by atoms with Crippen molar-refractivity contribution in [2.45, 2.75) is 19.3 Å². The van der Waals surface area contributed by atoms with Crippen LogP contribution in [0.5, 0.6) is 0 Å². The molecule has 1 heterocycles. The summed E-state index contributed by atoms with van der Waals surface area (Å²) >= 11 is 5.79. The second kappa shape index (κ2) is 7.77. The maximum absolute atomic E-state index is 12.3. The van der Waals surface area contributed by atoms with Crippen molar-refractivity contribution in [2.24, 2.45) is 5.92 Å². The zero-order chi connectivity index (χ0) is 15.9. The largest absolute Gasteiger partial charge is 0.341 e. The van der Waals surface area contributed by atoms with Crippen LogP contribution in [0.4, 0.5) is 0 Å². The number of carbonyl (C=O) groups excluding carboxylic acids is 2. The van der Waals surface area contributed by atoms with Gasteiger partial charge in [0.25, 0.3) is 0 Å². The Labute approximate surface area is 135 Å². The summed E-state index contributed by atoms with van der Waals surface area (Å²) in [6, 6.07) is 8.79. The zero-order valence-electron chi connectivity index (χ0n) is 12.2. The summed E-state index contributed by atoms with van der Waals surface area (Å²) in [5, 5.41) is 9.77. The first kappa shape index (κ1) is 16.3. The van der Waals surface area contributed by atoms with Gasteiger partial charge in [0.1, 0.15) is 0 Å². The molecule has 1 amide bonds. The molecular formula is C17H17ClN2O2. The van der Waals surface area contributed by atoms with Gasteiger partial charge < -0.3 is 4.90 Å². The predicted octanol–water partition coefficient (Wildman–Crippen LogP) is 3.07. The van der Waals surface area contributed by atoms with Gasteiger partial charge in [-0.2, -0.15) is 5.26 Å². The van der Waals surface area contributed by atoms with Crippen molar-refractivity contribution < 1.29 is 9.59 Å². The van der Waals surface area contributed by atoms with E-state index in [4.69, 9.17) is 16.9 Å². The van der Waals surface area contributed by atoms with Crippen molar-refractivity contribution in [2.75, 3.05) is 13.1 Å². The molecule has 1 aliphatic rings. The molecule has 114 valence electrons. The highest BCUT2D eigenvalue weighted by molar-refractivity contribution is 6.30. The molecule has 1 aliphatic heterocycles. The average Bonchev–Trinajstić information content (AvgIpc) is 2.55. The van der Waals surface area contributed by atoms with Gasteiger partial charge in [-0.05, 0) is 43.0 Å². The predicted molar refractivity (Wildman–Crippen MR) is 85.0 cm³/mol. The number of amides is 1. The molecule has 0 spiro atoms. The number of nitrogens with zero attached hydrogens (tertiary/aromatic N) is 2. The number of rotatable bonds is 4. The molecule has 1 aromatic rings. The molecule has 22 heavy (non-hydrogen) atoms. The molecule has 0 bridgehead atoms. The van der Waals surface area contributed by atoms with Gasteiger partial charge in [-0.3, -0.25) is 9.59 Å². The molecule has 2 rings (SSSR count). The highest BCUT2D eigenvalue weighted by Gasteiger charge is 2.29. The van der Waals surface area contributed by atoms with E-state index in [0.29, 0.717) is 18.1 Å². The lowest BCUT2D eigenvalue weighted by atomic mass is 10.0. The zero-order valence-corrected chi connectivity index (χ0v) is 12.9. The number of ketones is 1. The Bertz CT molecular complexity index is 611. The van der Waals surface area contributed by atoms with Crippen LogP contribution in [0.25, 0.3) is 6.08 Å². The third-order valence-corrected chi connectivity index (χ3v) is 3.89. The number of hydrogen-bond acceptors (Lipinski definition) is 3.